The van der Waals surface area contributed by atoms with Crippen molar-refractivity contribution in [3.05, 3.63) is 34.6 Å². The van der Waals surface area contributed by atoms with Crippen LogP contribution in [0.3, 0.4) is 0 Å². The second-order valence-corrected chi connectivity index (χ2v) is 7.77. The Hall–Kier alpha value is -2.03. The number of aryl methyl sites for hydroxylation is 1. The predicted molar refractivity (Wildman–Crippen MR) is 109 cm³/mol. The van der Waals surface area contributed by atoms with Crippen molar-refractivity contribution in [2.45, 2.75) is 33.5 Å². The summed E-state index contributed by atoms with van der Waals surface area (Å²) in [5.41, 5.74) is 2.25. The molecule has 0 radical (unpaired) electrons. The molecule has 1 fully saturated rings. The van der Waals surface area contributed by atoms with Crippen LogP contribution in [0.15, 0.2) is 24.3 Å². The molecular weight excluding hydrogens is 360 g/mol. The molecule has 7 nitrogen and oxygen atoms in total. The van der Waals surface area contributed by atoms with E-state index in [2.05, 4.69) is 44.3 Å². The quantitative estimate of drug-likeness (QED) is 0.741. The van der Waals surface area contributed by atoms with Crippen LogP contribution in [0, 0.1) is 11.7 Å². The van der Waals surface area contributed by atoms with Crippen LogP contribution in [0.5, 0.6) is 0 Å². The Labute approximate surface area is 165 Å². The van der Waals surface area contributed by atoms with Gasteiger partial charge in [0.1, 0.15) is 0 Å². The van der Waals surface area contributed by atoms with E-state index < -0.39 is 0 Å². The highest BCUT2D eigenvalue weighted by molar-refractivity contribution is 7.71. The van der Waals surface area contributed by atoms with Crippen LogP contribution in [0.2, 0.25) is 0 Å². The fourth-order valence-corrected chi connectivity index (χ4v) is 3.35. The highest BCUT2D eigenvalue weighted by Gasteiger charge is 2.20. The lowest BCUT2D eigenvalue weighted by atomic mass is 10.1. The Morgan fingerprint density at radius 1 is 1.19 bits per heavy atom. The highest BCUT2D eigenvalue weighted by Crippen LogP contribution is 2.15. The van der Waals surface area contributed by atoms with Crippen molar-refractivity contribution >= 4 is 18.1 Å². The number of hydrogen-bond acceptors (Lipinski definition) is 5. The zero-order valence-corrected chi connectivity index (χ0v) is 17.1. The molecule has 0 bridgehead atoms. The maximum atomic E-state index is 11.9. The number of aromatic nitrogens is 3. The Kier molecular flexibility index (Phi) is 6.41. The molecule has 0 aliphatic carbocycles. The van der Waals surface area contributed by atoms with E-state index in [-0.39, 0.29) is 11.9 Å². The topological polar surface area (TPSA) is 69.2 Å². The van der Waals surface area contributed by atoms with Gasteiger partial charge in [0.15, 0.2) is 5.82 Å². The van der Waals surface area contributed by atoms with E-state index in [4.69, 9.17) is 12.2 Å². The summed E-state index contributed by atoms with van der Waals surface area (Å²) in [7, 11) is 0. The standard InChI is InChI=1S/C19H28N6OS/c1-14(2)20-17(26)12-23-8-10-24(11-9-23)13-25-19(27)21-18(22-25)16-6-4-15(3)5-7-16/h4-7,14H,8-13H2,1-3H3,(H,20,26)(H,21,22,27). The zero-order valence-electron chi connectivity index (χ0n) is 16.2. The molecule has 0 unspecified atom stereocenters. The lowest BCUT2D eigenvalue weighted by Crippen LogP contribution is -2.50. The number of nitrogens with one attached hydrogen (secondary N) is 2. The third kappa shape index (κ3) is 5.47. The molecule has 0 saturated carbocycles. The summed E-state index contributed by atoms with van der Waals surface area (Å²) in [4.78, 5) is 20.9. The van der Waals surface area contributed by atoms with Gasteiger partial charge in [0.05, 0.1) is 13.2 Å². The lowest BCUT2D eigenvalue weighted by molar-refractivity contribution is -0.123. The SMILES string of the molecule is Cc1ccc(-c2nc(=S)n(CN3CCN(CC(=O)NC(C)C)CC3)[nH]2)cc1. The van der Waals surface area contributed by atoms with Crippen LogP contribution in [0.4, 0.5) is 0 Å². The molecule has 1 aliphatic heterocycles. The van der Waals surface area contributed by atoms with Gasteiger partial charge in [-0.1, -0.05) is 29.8 Å². The van der Waals surface area contributed by atoms with E-state index in [1.165, 1.54) is 5.56 Å². The Morgan fingerprint density at radius 2 is 1.81 bits per heavy atom. The number of rotatable bonds is 6. The van der Waals surface area contributed by atoms with Crippen LogP contribution in [-0.4, -0.2) is 69.2 Å². The number of carbonyl (C=O) groups is 1. The molecule has 3 rings (SSSR count). The first kappa shape index (κ1) is 19.7. The first-order chi connectivity index (χ1) is 12.9. The van der Waals surface area contributed by atoms with E-state index >= 15 is 0 Å². The number of aromatic amines is 1. The Morgan fingerprint density at radius 3 is 2.44 bits per heavy atom. The summed E-state index contributed by atoms with van der Waals surface area (Å²) in [6, 6.07) is 8.42. The largest absolute Gasteiger partial charge is 0.353 e. The maximum Gasteiger partial charge on any atom is 0.234 e. The van der Waals surface area contributed by atoms with E-state index in [1.807, 2.05) is 30.7 Å². The van der Waals surface area contributed by atoms with Crippen LogP contribution in [-0.2, 0) is 11.5 Å². The number of amides is 1. The molecule has 2 N–H and O–H groups in total. The van der Waals surface area contributed by atoms with Crippen LogP contribution in [0.25, 0.3) is 11.4 Å². The predicted octanol–water partition coefficient (Wildman–Crippen LogP) is 2.02. The van der Waals surface area contributed by atoms with Crippen molar-refractivity contribution in [2.75, 3.05) is 32.7 Å². The summed E-state index contributed by atoms with van der Waals surface area (Å²) < 4.78 is 2.47. The number of piperazine rings is 1. The van der Waals surface area contributed by atoms with Gasteiger partial charge in [-0.3, -0.25) is 19.7 Å². The summed E-state index contributed by atoms with van der Waals surface area (Å²) in [6.45, 7) is 10.7. The van der Waals surface area contributed by atoms with Gasteiger partial charge in [-0.2, -0.15) is 4.98 Å². The first-order valence-corrected chi connectivity index (χ1v) is 9.79. The smallest absolute Gasteiger partial charge is 0.234 e. The van der Waals surface area contributed by atoms with Gasteiger partial charge in [0.25, 0.3) is 0 Å². The van der Waals surface area contributed by atoms with Gasteiger partial charge in [0.2, 0.25) is 10.7 Å². The monoisotopic (exact) mass is 388 g/mol. The molecule has 146 valence electrons. The van der Waals surface area contributed by atoms with Gasteiger partial charge in [-0.25, -0.2) is 4.68 Å². The molecule has 1 aliphatic rings. The number of hydrogen-bond donors (Lipinski definition) is 2. The van der Waals surface area contributed by atoms with Gasteiger partial charge in [-0.15, -0.1) is 0 Å². The minimum absolute atomic E-state index is 0.0944. The minimum Gasteiger partial charge on any atom is -0.353 e. The van der Waals surface area contributed by atoms with Crippen molar-refractivity contribution in [3.63, 3.8) is 0 Å². The maximum absolute atomic E-state index is 11.9. The zero-order chi connectivity index (χ0) is 19.4. The fraction of sp³-hybridized carbons (Fsp3) is 0.526. The molecular formula is C19H28N6OS. The summed E-state index contributed by atoms with van der Waals surface area (Å²) in [6.07, 6.45) is 0. The number of benzene rings is 1. The molecule has 0 atom stereocenters. The number of H-pyrrole nitrogens is 1. The Bertz CT molecular complexity index is 817. The minimum atomic E-state index is 0.0944. The van der Waals surface area contributed by atoms with Gasteiger partial charge in [-0.05, 0) is 33.0 Å². The second kappa shape index (κ2) is 8.77. The van der Waals surface area contributed by atoms with E-state index in [0.29, 0.717) is 18.0 Å². The molecule has 0 spiro atoms. The van der Waals surface area contributed by atoms with Crippen LogP contribution in [0.1, 0.15) is 19.4 Å². The number of carbonyl (C=O) groups excluding carboxylic acids is 1. The third-order valence-electron chi connectivity index (χ3n) is 4.63. The van der Waals surface area contributed by atoms with Crippen molar-refractivity contribution in [2.24, 2.45) is 0 Å². The second-order valence-electron chi connectivity index (χ2n) is 7.41. The van der Waals surface area contributed by atoms with Crippen molar-refractivity contribution in [3.8, 4) is 11.4 Å². The molecule has 8 heteroatoms. The molecule has 1 aromatic heterocycles. The molecule has 1 saturated heterocycles. The van der Waals surface area contributed by atoms with Crippen LogP contribution >= 0.6 is 12.2 Å². The lowest BCUT2D eigenvalue weighted by Gasteiger charge is -2.34. The molecule has 27 heavy (non-hydrogen) atoms. The van der Waals surface area contributed by atoms with E-state index in [0.717, 1.165) is 37.6 Å². The average Bonchev–Trinajstić information content (AvgIpc) is 2.97. The molecule has 2 heterocycles. The van der Waals surface area contributed by atoms with E-state index in [1.54, 1.807) is 0 Å². The van der Waals surface area contributed by atoms with E-state index in [9.17, 15) is 4.79 Å². The first-order valence-electron chi connectivity index (χ1n) is 9.38. The Balaban J connectivity index is 1.54. The van der Waals surface area contributed by atoms with Gasteiger partial charge >= 0.3 is 0 Å². The molecule has 2 aromatic rings. The summed E-state index contributed by atoms with van der Waals surface area (Å²) >= 11 is 5.42. The van der Waals surface area contributed by atoms with Gasteiger partial charge in [0, 0.05) is 37.8 Å². The molecule has 1 amide bonds. The highest BCUT2D eigenvalue weighted by atomic mass is 32.1. The van der Waals surface area contributed by atoms with Crippen LogP contribution < -0.4 is 5.32 Å². The molecule has 1 aromatic carbocycles. The normalized spacial score (nSPS) is 16.0. The van der Waals surface area contributed by atoms with Crippen molar-refractivity contribution in [1.82, 2.24) is 29.9 Å². The third-order valence-corrected chi connectivity index (χ3v) is 4.94. The van der Waals surface area contributed by atoms with Crippen molar-refractivity contribution in [1.29, 1.82) is 0 Å². The average molecular weight is 389 g/mol. The summed E-state index contributed by atoms with van der Waals surface area (Å²) in [5, 5.41) is 6.26. The fourth-order valence-electron chi connectivity index (χ4n) is 3.15. The van der Waals surface area contributed by atoms with Gasteiger partial charge < -0.3 is 5.32 Å². The summed E-state index contributed by atoms with van der Waals surface area (Å²) in [5.74, 6) is 0.890. The number of nitrogens with zero attached hydrogens (tertiary/aromatic N) is 4. The van der Waals surface area contributed by atoms with Crippen molar-refractivity contribution < 1.29 is 4.79 Å².